The Labute approximate surface area is 134 Å². The number of hydrogen-bond donors (Lipinski definition) is 2. The van der Waals surface area contributed by atoms with Crippen molar-refractivity contribution >= 4 is 6.03 Å². The van der Waals surface area contributed by atoms with Crippen molar-refractivity contribution in [2.45, 2.75) is 51.0 Å². The third-order valence-electron chi connectivity index (χ3n) is 5.66. The van der Waals surface area contributed by atoms with E-state index in [1.165, 1.54) is 32.2 Å². The lowest BCUT2D eigenvalue weighted by atomic mass is 9.99. The minimum absolute atomic E-state index is 0.0749. The largest absolute Gasteiger partial charge is 0.396 e. The summed E-state index contributed by atoms with van der Waals surface area (Å²) in [6, 6.07) is 0.384. The number of carbonyl (C=O) groups is 1. The van der Waals surface area contributed by atoms with Gasteiger partial charge in [0, 0.05) is 45.4 Å². The molecule has 1 aliphatic carbocycles. The summed E-state index contributed by atoms with van der Waals surface area (Å²) in [4.78, 5) is 16.8. The molecule has 2 N–H and O–H groups in total. The first-order chi connectivity index (χ1) is 10.7. The van der Waals surface area contributed by atoms with Crippen LogP contribution >= 0.6 is 0 Å². The highest BCUT2D eigenvalue weighted by Crippen LogP contribution is 2.26. The third kappa shape index (κ3) is 4.13. The molecule has 1 saturated carbocycles. The van der Waals surface area contributed by atoms with Gasteiger partial charge in [0.1, 0.15) is 0 Å². The van der Waals surface area contributed by atoms with E-state index >= 15 is 0 Å². The van der Waals surface area contributed by atoms with Crippen LogP contribution in [0.4, 0.5) is 4.79 Å². The molecular formula is C17H31N3O2. The maximum Gasteiger partial charge on any atom is 0.317 e. The van der Waals surface area contributed by atoms with Crippen molar-refractivity contribution in [3.05, 3.63) is 0 Å². The highest BCUT2D eigenvalue weighted by Gasteiger charge is 2.29. The highest BCUT2D eigenvalue weighted by atomic mass is 16.3. The number of aliphatic hydroxyl groups is 1. The number of urea groups is 1. The molecule has 0 aromatic rings. The van der Waals surface area contributed by atoms with Gasteiger partial charge in [-0.05, 0) is 43.9 Å². The number of amides is 2. The van der Waals surface area contributed by atoms with Gasteiger partial charge in [-0.2, -0.15) is 0 Å². The van der Waals surface area contributed by atoms with Gasteiger partial charge in [-0.1, -0.05) is 12.8 Å². The molecule has 2 atom stereocenters. The molecule has 2 saturated heterocycles. The monoisotopic (exact) mass is 309 g/mol. The second-order valence-electron chi connectivity index (χ2n) is 7.48. The van der Waals surface area contributed by atoms with E-state index in [1.54, 1.807) is 0 Å². The minimum atomic E-state index is 0.0749. The molecule has 22 heavy (non-hydrogen) atoms. The summed E-state index contributed by atoms with van der Waals surface area (Å²) >= 11 is 0. The molecule has 0 aromatic carbocycles. The van der Waals surface area contributed by atoms with Gasteiger partial charge in [-0.15, -0.1) is 0 Å². The maximum absolute atomic E-state index is 12.4. The predicted molar refractivity (Wildman–Crippen MR) is 86.7 cm³/mol. The molecule has 3 rings (SSSR count). The summed E-state index contributed by atoms with van der Waals surface area (Å²) in [6.45, 7) is 5.10. The smallest absolute Gasteiger partial charge is 0.317 e. The Morgan fingerprint density at radius 3 is 2.55 bits per heavy atom. The van der Waals surface area contributed by atoms with Gasteiger partial charge in [0.25, 0.3) is 0 Å². The zero-order valence-corrected chi connectivity index (χ0v) is 13.7. The van der Waals surface area contributed by atoms with Crippen LogP contribution in [0.2, 0.25) is 0 Å². The predicted octanol–water partition coefficient (Wildman–Crippen LogP) is 1.66. The number of carbonyl (C=O) groups excluding carboxylic acids is 1. The van der Waals surface area contributed by atoms with Gasteiger partial charge in [-0.25, -0.2) is 4.79 Å². The van der Waals surface area contributed by atoms with Crippen LogP contribution in [0.5, 0.6) is 0 Å². The number of rotatable bonds is 4. The molecule has 3 aliphatic rings. The van der Waals surface area contributed by atoms with Gasteiger partial charge in [-0.3, -0.25) is 0 Å². The van der Waals surface area contributed by atoms with Crippen LogP contribution in [0.1, 0.15) is 44.9 Å². The van der Waals surface area contributed by atoms with Crippen molar-refractivity contribution in [3.8, 4) is 0 Å². The van der Waals surface area contributed by atoms with Crippen LogP contribution in [0, 0.1) is 11.8 Å². The van der Waals surface area contributed by atoms with Gasteiger partial charge in [0.2, 0.25) is 0 Å². The lowest BCUT2D eigenvalue weighted by Gasteiger charge is -2.32. The molecule has 0 bridgehead atoms. The van der Waals surface area contributed by atoms with E-state index in [-0.39, 0.29) is 18.6 Å². The number of nitrogens with zero attached hydrogens (tertiary/aromatic N) is 2. The quantitative estimate of drug-likeness (QED) is 0.830. The zero-order valence-electron chi connectivity index (χ0n) is 13.7. The van der Waals surface area contributed by atoms with Gasteiger partial charge in [0.15, 0.2) is 0 Å². The molecule has 2 aliphatic heterocycles. The van der Waals surface area contributed by atoms with Crippen molar-refractivity contribution in [3.63, 3.8) is 0 Å². The van der Waals surface area contributed by atoms with Gasteiger partial charge >= 0.3 is 6.03 Å². The van der Waals surface area contributed by atoms with Crippen molar-refractivity contribution < 1.29 is 9.90 Å². The molecule has 2 heterocycles. The van der Waals surface area contributed by atoms with Crippen LogP contribution < -0.4 is 5.32 Å². The zero-order chi connectivity index (χ0) is 15.4. The minimum Gasteiger partial charge on any atom is -0.396 e. The molecule has 3 fully saturated rings. The first kappa shape index (κ1) is 16.1. The van der Waals surface area contributed by atoms with Crippen molar-refractivity contribution in [2.75, 3.05) is 39.3 Å². The van der Waals surface area contributed by atoms with Crippen molar-refractivity contribution in [1.29, 1.82) is 0 Å². The molecule has 5 nitrogen and oxygen atoms in total. The lowest BCUT2D eigenvalue weighted by molar-refractivity contribution is 0.128. The number of likely N-dealkylation sites (tertiary alicyclic amines) is 2. The van der Waals surface area contributed by atoms with E-state index in [0.717, 1.165) is 44.8 Å². The normalized spacial score (nSPS) is 30.9. The fourth-order valence-corrected chi connectivity index (χ4v) is 4.34. The maximum atomic E-state index is 12.4. The third-order valence-corrected chi connectivity index (χ3v) is 5.66. The number of hydrogen-bond acceptors (Lipinski definition) is 3. The summed E-state index contributed by atoms with van der Waals surface area (Å²) in [7, 11) is 0. The van der Waals surface area contributed by atoms with Crippen LogP contribution in [-0.4, -0.2) is 66.3 Å². The molecule has 0 radical (unpaired) electrons. The highest BCUT2D eigenvalue weighted by molar-refractivity contribution is 5.74. The van der Waals surface area contributed by atoms with E-state index in [9.17, 15) is 9.90 Å². The SMILES string of the molecule is O=C(N[C@@H]1CCN(CC2CCCC2)C1)N1CCC[C@H](CO)C1. The molecular weight excluding hydrogens is 278 g/mol. The summed E-state index contributed by atoms with van der Waals surface area (Å²) in [6.07, 6.45) is 8.72. The Morgan fingerprint density at radius 2 is 1.77 bits per heavy atom. The summed E-state index contributed by atoms with van der Waals surface area (Å²) in [5.74, 6) is 1.16. The van der Waals surface area contributed by atoms with E-state index < -0.39 is 0 Å². The van der Waals surface area contributed by atoms with Crippen molar-refractivity contribution in [2.24, 2.45) is 11.8 Å². The Morgan fingerprint density at radius 1 is 1.00 bits per heavy atom. The van der Waals surface area contributed by atoms with Gasteiger partial charge < -0.3 is 20.2 Å². The van der Waals surface area contributed by atoms with E-state index in [4.69, 9.17) is 0 Å². The fraction of sp³-hybridized carbons (Fsp3) is 0.941. The van der Waals surface area contributed by atoms with Crippen LogP contribution in [-0.2, 0) is 0 Å². The van der Waals surface area contributed by atoms with Gasteiger partial charge in [0.05, 0.1) is 0 Å². The second kappa shape index (κ2) is 7.64. The van der Waals surface area contributed by atoms with Crippen LogP contribution in [0.15, 0.2) is 0 Å². The number of piperidine rings is 1. The Kier molecular flexibility index (Phi) is 5.58. The topological polar surface area (TPSA) is 55.8 Å². The molecule has 5 heteroatoms. The molecule has 0 aromatic heterocycles. The molecule has 126 valence electrons. The average molecular weight is 309 g/mol. The first-order valence-corrected chi connectivity index (χ1v) is 9.13. The molecule has 2 amide bonds. The summed E-state index contributed by atoms with van der Waals surface area (Å²) in [5.41, 5.74) is 0. The average Bonchev–Trinajstić information content (AvgIpc) is 3.20. The second-order valence-corrected chi connectivity index (χ2v) is 7.48. The van der Waals surface area contributed by atoms with E-state index in [2.05, 4.69) is 10.2 Å². The summed E-state index contributed by atoms with van der Waals surface area (Å²) < 4.78 is 0. The number of nitrogens with one attached hydrogen (secondary N) is 1. The van der Waals surface area contributed by atoms with Crippen LogP contribution in [0.3, 0.4) is 0 Å². The van der Waals surface area contributed by atoms with E-state index in [1.807, 2.05) is 4.90 Å². The standard InChI is InChI=1S/C17H31N3O2/c21-13-15-6-3-8-20(11-15)17(22)18-16-7-9-19(12-16)10-14-4-1-2-5-14/h14-16,21H,1-13H2,(H,18,22)/t15-,16+/m0/s1. The summed E-state index contributed by atoms with van der Waals surface area (Å²) in [5, 5.41) is 12.5. The molecule has 0 unspecified atom stereocenters. The fourth-order valence-electron chi connectivity index (χ4n) is 4.34. The Hall–Kier alpha value is -0.810. The first-order valence-electron chi connectivity index (χ1n) is 9.13. The Balaban J connectivity index is 1.40. The van der Waals surface area contributed by atoms with Crippen LogP contribution in [0.25, 0.3) is 0 Å². The molecule has 0 spiro atoms. The van der Waals surface area contributed by atoms with Crippen molar-refractivity contribution in [1.82, 2.24) is 15.1 Å². The number of aliphatic hydroxyl groups excluding tert-OH is 1. The Bertz CT molecular complexity index is 371. The lowest BCUT2D eigenvalue weighted by Crippen LogP contribution is -2.49. The van der Waals surface area contributed by atoms with E-state index in [0.29, 0.717) is 12.6 Å².